The molecule has 0 amide bonds. The Bertz CT molecular complexity index is 336. The molecule has 7 nitrogen and oxygen atoms in total. The molecule has 0 bridgehead atoms. The lowest BCUT2D eigenvalue weighted by Crippen LogP contribution is -1.91. The van der Waals surface area contributed by atoms with Crippen LogP contribution in [-0.2, 0) is 4.79 Å². The van der Waals surface area contributed by atoms with Gasteiger partial charge in [0.25, 0.3) is 5.82 Å². The Kier molecular flexibility index (Phi) is 2.20. The first-order valence-electron chi connectivity index (χ1n) is 2.79. The summed E-state index contributed by atoms with van der Waals surface area (Å²) in [6.45, 7) is 0. The highest BCUT2D eigenvalue weighted by molar-refractivity contribution is 5.55. The fraction of sp³-hybridized carbons (Fsp3) is 0. The summed E-state index contributed by atoms with van der Waals surface area (Å²) >= 11 is 0. The highest BCUT2D eigenvalue weighted by atomic mass is 16.6. The van der Waals surface area contributed by atoms with Crippen molar-refractivity contribution in [2.24, 2.45) is 4.99 Å². The van der Waals surface area contributed by atoms with Crippen LogP contribution in [0, 0.1) is 10.1 Å². The molecule has 1 rings (SSSR count). The molecule has 0 N–H and O–H groups in total. The van der Waals surface area contributed by atoms with E-state index in [1.54, 1.807) is 0 Å². The summed E-state index contributed by atoms with van der Waals surface area (Å²) < 4.78 is 0. The summed E-state index contributed by atoms with van der Waals surface area (Å²) in [6.07, 6.45) is 2.29. The van der Waals surface area contributed by atoms with Gasteiger partial charge in [-0.2, -0.15) is 5.10 Å². The van der Waals surface area contributed by atoms with Crippen molar-refractivity contribution in [2.45, 2.75) is 0 Å². The number of nitrogens with zero attached hydrogens (tertiary/aromatic N) is 4. The van der Waals surface area contributed by atoms with Gasteiger partial charge in [-0.1, -0.05) is 0 Å². The SMILES string of the molecule is O=C=Nc1nnccc1[N+](=O)[O-]. The molecule has 7 heteroatoms. The monoisotopic (exact) mass is 166 g/mol. The van der Waals surface area contributed by atoms with Gasteiger partial charge in [-0.05, 0) is 0 Å². The minimum atomic E-state index is -0.704. The molecule has 0 radical (unpaired) electrons. The summed E-state index contributed by atoms with van der Waals surface area (Å²) in [5.74, 6) is -0.336. The van der Waals surface area contributed by atoms with Gasteiger partial charge in [0, 0.05) is 6.07 Å². The van der Waals surface area contributed by atoms with E-state index in [4.69, 9.17) is 0 Å². The molecule has 60 valence electrons. The third-order valence-electron chi connectivity index (χ3n) is 1.03. The van der Waals surface area contributed by atoms with Crippen LogP contribution in [0.2, 0.25) is 0 Å². The quantitative estimate of drug-likeness (QED) is 0.273. The Balaban J connectivity index is 3.26. The summed E-state index contributed by atoms with van der Waals surface area (Å²) in [5.41, 5.74) is -0.367. The third kappa shape index (κ3) is 1.47. The van der Waals surface area contributed by atoms with Gasteiger partial charge in [0.1, 0.15) is 0 Å². The normalized spacial score (nSPS) is 8.67. The largest absolute Gasteiger partial charge is 0.317 e. The predicted octanol–water partition coefficient (Wildman–Crippen LogP) is 0.352. The molecule has 0 aliphatic heterocycles. The van der Waals surface area contributed by atoms with Gasteiger partial charge in [-0.3, -0.25) is 10.1 Å². The zero-order valence-electron chi connectivity index (χ0n) is 5.67. The average Bonchev–Trinajstić information content (AvgIpc) is 2.05. The molecule has 1 heterocycles. The van der Waals surface area contributed by atoms with Crippen molar-refractivity contribution in [1.29, 1.82) is 0 Å². The van der Waals surface area contributed by atoms with E-state index in [-0.39, 0.29) is 11.5 Å². The predicted molar refractivity (Wildman–Crippen MR) is 36.5 cm³/mol. The number of aliphatic imine (C=N–C) groups is 1. The molecule has 0 saturated carbocycles. The Labute approximate surface area is 65.9 Å². The van der Waals surface area contributed by atoms with Gasteiger partial charge < -0.3 is 0 Å². The van der Waals surface area contributed by atoms with Crippen LogP contribution in [0.5, 0.6) is 0 Å². The first-order chi connectivity index (χ1) is 5.75. The molecule has 0 aliphatic carbocycles. The van der Waals surface area contributed by atoms with Crippen LogP contribution in [0.4, 0.5) is 11.5 Å². The minimum Gasteiger partial charge on any atom is -0.258 e. The van der Waals surface area contributed by atoms with Gasteiger partial charge >= 0.3 is 5.69 Å². The Hall–Kier alpha value is -2.14. The molecule has 1 aromatic heterocycles. The second kappa shape index (κ2) is 3.31. The van der Waals surface area contributed by atoms with Crippen molar-refractivity contribution in [2.75, 3.05) is 0 Å². The van der Waals surface area contributed by atoms with Crippen LogP contribution < -0.4 is 0 Å². The molecule has 0 aromatic carbocycles. The molecular formula is C5H2N4O3. The fourth-order valence-corrected chi connectivity index (χ4v) is 0.583. The van der Waals surface area contributed by atoms with Crippen molar-refractivity contribution in [1.82, 2.24) is 10.2 Å². The zero-order valence-corrected chi connectivity index (χ0v) is 5.67. The maximum absolute atomic E-state index is 10.2. The van der Waals surface area contributed by atoms with Gasteiger partial charge in [0.15, 0.2) is 0 Å². The van der Waals surface area contributed by atoms with Crippen molar-refractivity contribution in [3.63, 3.8) is 0 Å². The number of aromatic nitrogens is 2. The lowest BCUT2D eigenvalue weighted by atomic mass is 10.4. The van der Waals surface area contributed by atoms with Crippen LogP contribution in [-0.4, -0.2) is 21.2 Å². The second-order valence-corrected chi connectivity index (χ2v) is 1.70. The molecule has 0 aliphatic rings. The molecule has 0 fully saturated rings. The Morgan fingerprint density at radius 3 is 3.00 bits per heavy atom. The lowest BCUT2D eigenvalue weighted by molar-refractivity contribution is -0.384. The fourth-order valence-electron chi connectivity index (χ4n) is 0.583. The van der Waals surface area contributed by atoms with Crippen LogP contribution in [0.3, 0.4) is 0 Å². The van der Waals surface area contributed by atoms with Crippen LogP contribution in [0.15, 0.2) is 17.3 Å². The van der Waals surface area contributed by atoms with Crippen molar-refractivity contribution < 1.29 is 9.72 Å². The lowest BCUT2D eigenvalue weighted by Gasteiger charge is -1.90. The van der Waals surface area contributed by atoms with E-state index in [0.717, 1.165) is 18.3 Å². The van der Waals surface area contributed by atoms with E-state index < -0.39 is 4.92 Å². The van der Waals surface area contributed by atoms with E-state index in [0.29, 0.717) is 0 Å². The van der Waals surface area contributed by atoms with Crippen LogP contribution in [0.1, 0.15) is 0 Å². The molecule has 0 atom stereocenters. The van der Waals surface area contributed by atoms with Gasteiger partial charge in [-0.15, -0.1) is 10.1 Å². The highest BCUT2D eigenvalue weighted by Crippen LogP contribution is 2.21. The van der Waals surface area contributed by atoms with Gasteiger partial charge in [0.2, 0.25) is 6.08 Å². The number of isocyanates is 1. The van der Waals surface area contributed by atoms with Crippen molar-refractivity contribution in [3.05, 3.63) is 22.4 Å². The summed E-state index contributed by atoms with van der Waals surface area (Å²) in [6, 6.07) is 1.10. The summed E-state index contributed by atoms with van der Waals surface area (Å²) in [5, 5.41) is 16.8. The first kappa shape index (κ1) is 7.96. The molecular weight excluding hydrogens is 164 g/mol. The molecule has 1 aromatic rings. The van der Waals surface area contributed by atoms with E-state index in [1.165, 1.54) is 0 Å². The number of carbonyl (C=O) groups excluding carboxylic acids is 1. The van der Waals surface area contributed by atoms with E-state index in [1.807, 2.05) is 0 Å². The van der Waals surface area contributed by atoms with E-state index in [9.17, 15) is 14.9 Å². The van der Waals surface area contributed by atoms with Gasteiger partial charge in [-0.25, -0.2) is 4.79 Å². The number of rotatable bonds is 2. The number of hydrogen-bond acceptors (Lipinski definition) is 6. The third-order valence-corrected chi connectivity index (χ3v) is 1.03. The van der Waals surface area contributed by atoms with Gasteiger partial charge in [0.05, 0.1) is 11.1 Å². The maximum Gasteiger partial charge on any atom is 0.317 e. The maximum atomic E-state index is 10.2. The number of nitro groups is 1. The van der Waals surface area contributed by atoms with Crippen LogP contribution in [0.25, 0.3) is 0 Å². The van der Waals surface area contributed by atoms with E-state index >= 15 is 0 Å². The summed E-state index contributed by atoms with van der Waals surface area (Å²) in [4.78, 5) is 22.3. The number of hydrogen-bond donors (Lipinski definition) is 0. The molecule has 12 heavy (non-hydrogen) atoms. The van der Waals surface area contributed by atoms with Crippen molar-refractivity contribution >= 4 is 17.6 Å². The molecule has 0 spiro atoms. The standard InChI is InChI=1S/C5H2N4O3/c10-3-6-5-4(9(11)12)1-2-7-8-5/h1-2H. The van der Waals surface area contributed by atoms with Crippen LogP contribution >= 0.6 is 0 Å². The highest BCUT2D eigenvalue weighted by Gasteiger charge is 2.13. The Morgan fingerprint density at radius 1 is 1.67 bits per heavy atom. The topological polar surface area (TPSA) is 98.3 Å². The van der Waals surface area contributed by atoms with Crippen molar-refractivity contribution in [3.8, 4) is 0 Å². The first-order valence-corrected chi connectivity index (χ1v) is 2.79. The minimum absolute atomic E-state index is 0.336. The molecule has 0 unspecified atom stereocenters. The zero-order chi connectivity index (χ0) is 8.97. The molecule has 0 saturated heterocycles. The van der Waals surface area contributed by atoms with E-state index in [2.05, 4.69) is 15.2 Å². The smallest absolute Gasteiger partial charge is 0.258 e. The Morgan fingerprint density at radius 2 is 2.42 bits per heavy atom. The average molecular weight is 166 g/mol. The summed E-state index contributed by atoms with van der Waals surface area (Å²) in [7, 11) is 0. The second-order valence-electron chi connectivity index (χ2n) is 1.70.